The fourth-order valence-electron chi connectivity index (χ4n) is 5.50. The highest BCUT2D eigenvalue weighted by atomic mass is 32.2. The molecule has 0 aliphatic heterocycles. The van der Waals surface area contributed by atoms with Crippen LogP contribution in [0.1, 0.15) is 38.5 Å². The van der Waals surface area contributed by atoms with Gasteiger partial charge < -0.3 is 0 Å². The van der Waals surface area contributed by atoms with E-state index in [4.69, 9.17) is 0 Å². The lowest BCUT2D eigenvalue weighted by Crippen LogP contribution is -2.51. The Bertz CT molecular complexity index is 650. The molecule has 0 spiro atoms. The smallest absolute Gasteiger partial charge is 0.211 e. The summed E-state index contributed by atoms with van der Waals surface area (Å²) in [6.45, 7) is 0.465. The van der Waals surface area contributed by atoms with E-state index in [1.165, 1.54) is 37.5 Å². The minimum atomic E-state index is -3.76. The highest BCUT2D eigenvalue weighted by molar-refractivity contribution is 7.89. The van der Waals surface area contributed by atoms with Gasteiger partial charge in [0.15, 0.2) is 0 Å². The van der Waals surface area contributed by atoms with Gasteiger partial charge in [-0.3, -0.25) is 0 Å². The molecule has 0 amide bonds. The number of hydrogen-bond donors (Lipinski definition) is 1. The van der Waals surface area contributed by atoms with E-state index in [9.17, 15) is 12.8 Å². The van der Waals surface area contributed by atoms with Crippen LogP contribution < -0.4 is 4.72 Å². The van der Waals surface area contributed by atoms with Crippen molar-refractivity contribution in [2.45, 2.75) is 43.4 Å². The van der Waals surface area contributed by atoms with Gasteiger partial charge in [-0.15, -0.1) is 0 Å². The zero-order chi connectivity index (χ0) is 15.4. The number of hydrogen-bond acceptors (Lipinski definition) is 2. The zero-order valence-corrected chi connectivity index (χ0v) is 13.4. The van der Waals surface area contributed by atoms with Gasteiger partial charge in [-0.25, -0.2) is 17.5 Å². The average Bonchev–Trinajstić information content (AvgIpc) is 2.44. The van der Waals surface area contributed by atoms with Gasteiger partial charge in [-0.05, 0) is 73.8 Å². The predicted octanol–water partition coefficient (Wildman–Crippen LogP) is 3.32. The van der Waals surface area contributed by atoms with E-state index >= 15 is 0 Å². The lowest BCUT2D eigenvalue weighted by atomic mass is 9.50. The van der Waals surface area contributed by atoms with Gasteiger partial charge in [0, 0.05) is 6.54 Å². The van der Waals surface area contributed by atoms with Crippen molar-refractivity contribution >= 4 is 10.0 Å². The van der Waals surface area contributed by atoms with Crippen molar-refractivity contribution < 1.29 is 12.8 Å². The van der Waals surface area contributed by atoms with Crippen LogP contribution in [0.2, 0.25) is 0 Å². The SMILES string of the molecule is O=S(=O)(NCC12CC3CC(CC(C3)C1)C2)c1ccccc1F. The molecule has 4 fully saturated rings. The van der Waals surface area contributed by atoms with E-state index < -0.39 is 15.8 Å². The molecule has 0 atom stereocenters. The average molecular weight is 323 g/mol. The number of halogens is 1. The first-order chi connectivity index (χ1) is 10.5. The summed E-state index contributed by atoms with van der Waals surface area (Å²) >= 11 is 0. The Morgan fingerprint density at radius 2 is 1.59 bits per heavy atom. The van der Waals surface area contributed by atoms with Gasteiger partial charge in [-0.1, -0.05) is 12.1 Å². The normalized spacial score (nSPS) is 36.7. The highest BCUT2D eigenvalue weighted by Crippen LogP contribution is 2.59. The molecule has 5 rings (SSSR count). The summed E-state index contributed by atoms with van der Waals surface area (Å²) in [5.41, 5.74) is 0.118. The van der Waals surface area contributed by atoms with Crippen molar-refractivity contribution in [1.82, 2.24) is 4.72 Å². The number of benzene rings is 1. The molecule has 3 nitrogen and oxygen atoms in total. The van der Waals surface area contributed by atoms with E-state index in [2.05, 4.69) is 4.72 Å². The number of nitrogens with one attached hydrogen (secondary N) is 1. The molecule has 120 valence electrons. The van der Waals surface area contributed by atoms with Crippen molar-refractivity contribution in [3.63, 3.8) is 0 Å². The Balaban J connectivity index is 1.52. The fourth-order valence-corrected chi connectivity index (χ4v) is 6.73. The van der Waals surface area contributed by atoms with Crippen LogP contribution in [0.15, 0.2) is 29.2 Å². The fraction of sp³-hybridized carbons (Fsp3) is 0.647. The topological polar surface area (TPSA) is 46.2 Å². The predicted molar refractivity (Wildman–Crippen MR) is 82.2 cm³/mol. The van der Waals surface area contributed by atoms with Crippen LogP contribution in [0.4, 0.5) is 4.39 Å². The van der Waals surface area contributed by atoms with Gasteiger partial charge >= 0.3 is 0 Å². The van der Waals surface area contributed by atoms with Gasteiger partial charge in [0.1, 0.15) is 10.7 Å². The molecule has 0 heterocycles. The van der Waals surface area contributed by atoms with E-state index in [1.54, 1.807) is 6.07 Å². The lowest BCUT2D eigenvalue weighted by Gasteiger charge is -2.56. The molecule has 0 aromatic heterocycles. The zero-order valence-electron chi connectivity index (χ0n) is 12.6. The van der Waals surface area contributed by atoms with E-state index in [0.29, 0.717) is 6.54 Å². The Morgan fingerprint density at radius 3 is 2.14 bits per heavy atom. The highest BCUT2D eigenvalue weighted by Gasteiger charge is 2.50. The molecule has 0 radical (unpaired) electrons. The molecule has 0 unspecified atom stereocenters. The lowest BCUT2D eigenvalue weighted by molar-refractivity contribution is -0.0487. The van der Waals surface area contributed by atoms with Crippen LogP contribution in [-0.4, -0.2) is 15.0 Å². The van der Waals surface area contributed by atoms with Crippen LogP contribution in [0, 0.1) is 29.0 Å². The number of rotatable bonds is 4. The number of sulfonamides is 1. The maximum Gasteiger partial charge on any atom is 0.243 e. The van der Waals surface area contributed by atoms with Crippen LogP contribution >= 0.6 is 0 Å². The second kappa shape index (κ2) is 5.03. The molecule has 4 aliphatic rings. The molecule has 1 N–H and O–H groups in total. The van der Waals surface area contributed by atoms with Gasteiger partial charge in [0.25, 0.3) is 0 Å². The van der Waals surface area contributed by atoms with Gasteiger partial charge in [0.2, 0.25) is 10.0 Å². The summed E-state index contributed by atoms with van der Waals surface area (Å²) in [4.78, 5) is -0.236. The first-order valence-electron chi connectivity index (χ1n) is 8.20. The summed E-state index contributed by atoms with van der Waals surface area (Å²) in [6.07, 6.45) is 7.41. The van der Waals surface area contributed by atoms with Gasteiger partial charge in [-0.2, -0.15) is 0 Å². The van der Waals surface area contributed by atoms with Crippen molar-refractivity contribution in [3.05, 3.63) is 30.1 Å². The molecule has 22 heavy (non-hydrogen) atoms. The summed E-state index contributed by atoms with van der Waals surface area (Å²) in [6, 6.07) is 5.59. The van der Waals surface area contributed by atoms with Crippen molar-refractivity contribution in [1.29, 1.82) is 0 Å². The first-order valence-corrected chi connectivity index (χ1v) is 9.68. The molecule has 4 saturated carbocycles. The van der Waals surface area contributed by atoms with Crippen LogP contribution in [0.5, 0.6) is 0 Å². The van der Waals surface area contributed by atoms with Crippen molar-refractivity contribution in [3.8, 4) is 0 Å². The summed E-state index contributed by atoms with van der Waals surface area (Å²) in [7, 11) is -3.76. The molecular weight excluding hydrogens is 301 g/mol. The standard InChI is InChI=1S/C17H22FNO2S/c18-15-3-1-2-4-16(15)22(20,21)19-11-17-8-12-5-13(9-17)7-14(6-12)10-17/h1-4,12-14,19H,5-11H2. The summed E-state index contributed by atoms with van der Waals surface area (Å²) in [5, 5.41) is 0. The Hall–Kier alpha value is -0.940. The Morgan fingerprint density at radius 1 is 1.05 bits per heavy atom. The summed E-state index contributed by atoms with van der Waals surface area (Å²) < 4.78 is 41.2. The van der Waals surface area contributed by atoms with E-state index in [1.807, 2.05) is 0 Å². The molecule has 1 aromatic rings. The first kappa shape index (κ1) is 14.6. The van der Waals surface area contributed by atoms with Crippen LogP contribution in [0.3, 0.4) is 0 Å². The molecule has 1 aromatic carbocycles. The third-order valence-electron chi connectivity index (χ3n) is 5.93. The monoisotopic (exact) mass is 323 g/mol. The largest absolute Gasteiger partial charge is 0.243 e. The maximum atomic E-state index is 13.8. The molecule has 4 aliphatic carbocycles. The quantitative estimate of drug-likeness (QED) is 0.924. The minimum Gasteiger partial charge on any atom is -0.211 e. The van der Waals surface area contributed by atoms with Gasteiger partial charge in [0.05, 0.1) is 0 Å². The molecule has 5 heteroatoms. The maximum absolute atomic E-state index is 13.8. The summed E-state index contributed by atoms with van der Waals surface area (Å²) in [5.74, 6) is 1.66. The Kier molecular flexibility index (Phi) is 3.35. The third kappa shape index (κ3) is 2.48. The van der Waals surface area contributed by atoms with Crippen LogP contribution in [0.25, 0.3) is 0 Å². The molecular formula is C17H22FNO2S. The van der Waals surface area contributed by atoms with E-state index in [-0.39, 0.29) is 10.3 Å². The van der Waals surface area contributed by atoms with E-state index in [0.717, 1.165) is 37.0 Å². The molecule has 4 bridgehead atoms. The second-order valence-electron chi connectivity index (χ2n) is 7.67. The minimum absolute atomic E-state index is 0.118. The third-order valence-corrected chi connectivity index (χ3v) is 7.36. The van der Waals surface area contributed by atoms with Crippen LogP contribution in [-0.2, 0) is 10.0 Å². The van der Waals surface area contributed by atoms with Crippen molar-refractivity contribution in [2.24, 2.45) is 23.2 Å². The Labute approximate surface area is 131 Å². The van der Waals surface area contributed by atoms with Crippen molar-refractivity contribution in [2.75, 3.05) is 6.54 Å². The molecule has 0 saturated heterocycles. The second-order valence-corrected chi connectivity index (χ2v) is 9.41.